The largest absolute Gasteiger partial charge is 0.453 e. The highest BCUT2D eigenvalue weighted by atomic mass is 16.5. The molecule has 12 nitrogen and oxygen atoms in total. The first-order valence-electron chi connectivity index (χ1n) is 21.3. The van der Waals surface area contributed by atoms with Crippen LogP contribution in [0.15, 0.2) is 91.3 Å². The number of rotatable bonds is 10. The second-order valence-corrected chi connectivity index (χ2v) is 16.4. The molecule has 0 aliphatic carbocycles. The number of piperidine rings is 1. The molecule has 0 radical (unpaired) electrons. The number of carbonyl (C=O) groups excluding carboxylic acids is 3. The average molecular weight is 807 g/mol. The summed E-state index contributed by atoms with van der Waals surface area (Å²) >= 11 is 0. The zero-order valence-corrected chi connectivity index (χ0v) is 34.7. The number of nitrogens with one attached hydrogen (secondary N) is 3. The number of aromatic nitrogens is 4. The number of hydrogen-bond acceptors (Lipinski definition) is 7. The molecular weight excluding hydrogens is 753 g/mol. The van der Waals surface area contributed by atoms with Crippen LogP contribution in [0.25, 0.3) is 22.5 Å². The third-order valence-corrected chi connectivity index (χ3v) is 12.1. The Morgan fingerprint density at radius 1 is 0.683 bits per heavy atom. The highest BCUT2D eigenvalue weighted by Gasteiger charge is 2.40. The van der Waals surface area contributed by atoms with E-state index in [-0.39, 0.29) is 35.9 Å². The molecule has 0 spiro atoms. The summed E-state index contributed by atoms with van der Waals surface area (Å²) in [6, 6.07) is 25.2. The molecule has 12 heteroatoms. The Bertz CT molecular complexity index is 2320. The molecule has 3 saturated heterocycles. The van der Waals surface area contributed by atoms with Crippen molar-refractivity contribution in [2.75, 3.05) is 33.3 Å². The summed E-state index contributed by atoms with van der Waals surface area (Å²) in [7, 11) is 1.29. The van der Waals surface area contributed by atoms with E-state index in [1.165, 1.54) is 13.5 Å². The Hall–Kier alpha value is -6.19. The summed E-state index contributed by atoms with van der Waals surface area (Å²) in [5.74, 6) is 8.08. The average Bonchev–Trinajstić information content (AvgIpc) is 4.13. The number of carbonyl (C=O) groups is 3. The van der Waals surface area contributed by atoms with Gasteiger partial charge in [0.05, 0.1) is 43.0 Å². The van der Waals surface area contributed by atoms with Gasteiger partial charge in [-0.05, 0) is 98.5 Å². The molecule has 3 aliphatic rings. The first kappa shape index (κ1) is 40.6. The minimum Gasteiger partial charge on any atom is -0.453 e. The Balaban J connectivity index is 0.898. The van der Waals surface area contributed by atoms with Crippen molar-refractivity contribution in [2.24, 2.45) is 5.92 Å². The number of likely N-dealkylation sites (tertiary alicyclic amines) is 3. The van der Waals surface area contributed by atoms with Crippen LogP contribution in [0.4, 0.5) is 4.79 Å². The molecule has 3 N–H and O–H groups in total. The zero-order valence-electron chi connectivity index (χ0n) is 34.7. The van der Waals surface area contributed by atoms with Crippen LogP contribution < -0.4 is 5.32 Å². The SMILES string of the molecule is COC(=O)N[C@H](C(=O)N1CCC[C@H]1c1ncc(-c2ccc(C#Cc3ccc(-c4cnc([C@@H]5CCCN5C(=O)[C@@H](c5ccccc5)N5CCCCC5)[nH]4)cc3)cc2)[nH]1)C(C)C. The molecule has 0 saturated carbocycles. The summed E-state index contributed by atoms with van der Waals surface area (Å²) in [6.45, 7) is 7.04. The van der Waals surface area contributed by atoms with E-state index in [2.05, 4.69) is 66.2 Å². The topological polar surface area (TPSA) is 140 Å². The van der Waals surface area contributed by atoms with Crippen LogP contribution in [-0.4, -0.2) is 91.9 Å². The van der Waals surface area contributed by atoms with Gasteiger partial charge in [-0.1, -0.05) is 86.7 Å². The van der Waals surface area contributed by atoms with E-state index in [1.54, 1.807) is 6.20 Å². The van der Waals surface area contributed by atoms with Gasteiger partial charge < -0.3 is 29.8 Å². The van der Waals surface area contributed by atoms with Crippen LogP contribution in [-0.2, 0) is 14.3 Å². The number of amides is 3. The fourth-order valence-corrected chi connectivity index (χ4v) is 8.90. The van der Waals surface area contributed by atoms with Crippen LogP contribution >= 0.6 is 0 Å². The lowest BCUT2D eigenvalue weighted by Crippen LogP contribution is -2.51. The second kappa shape index (κ2) is 18.4. The fraction of sp³-hybridized carbons (Fsp3) is 0.396. The molecule has 3 aromatic carbocycles. The predicted octanol–water partition coefficient (Wildman–Crippen LogP) is 7.80. The Morgan fingerprint density at radius 2 is 1.20 bits per heavy atom. The van der Waals surface area contributed by atoms with Gasteiger partial charge in [0.1, 0.15) is 23.7 Å². The van der Waals surface area contributed by atoms with E-state index in [9.17, 15) is 14.4 Å². The zero-order chi connectivity index (χ0) is 41.6. The van der Waals surface area contributed by atoms with Crippen LogP contribution in [0.5, 0.6) is 0 Å². The van der Waals surface area contributed by atoms with Gasteiger partial charge >= 0.3 is 6.09 Å². The second-order valence-electron chi connectivity index (χ2n) is 16.4. The normalized spacial score (nSPS) is 19.1. The molecule has 0 bridgehead atoms. The number of aromatic amines is 2. The number of H-pyrrole nitrogens is 2. The summed E-state index contributed by atoms with van der Waals surface area (Å²) < 4.78 is 4.76. The number of nitrogens with zero attached hydrogens (tertiary/aromatic N) is 5. The van der Waals surface area contributed by atoms with Gasteiger partial charge in [0.15, 0.2) is 0 Å². The van der Waals surface area contributed by atoms with Crippen LogP contribution in [0, 0.1) is 17.8 Å². The van der Waals surface area contributed by atoms with Gasteiger partial charge in [-0.3, -0.25) is 14.5 Å². The number of imidazole rings is 2. The number of benzene rings is 3. The maximum Gasteiger partial charge on any atom is 0.407 e. The number of methoxy groups -OCH3 is 1. The Morgan fingerprint density at radius 3 is 1.70 bits per heavy atom. The first-order chi connectivity index (χ1) is 29.3. The van der Waals surface area contributed by atoms with E-state index < -0.39 is 12.1 Å². The lowest BCUT2D eigenvalue weighted by molar-refractivity contribution is -0.139. The van der Waals surface area contributed by atoms with E-state index in [0.717, 1.165) is 109 Å². The molecule has 310 valence electrons. The Kier molecular flexibility index (Phi) is 12.4. The fourth-order valence-electron chi connectivity index (χ4n) is 8.90. The molecule has 2 aromatic heterocycles. The van der Waals surface area contributed by atoms with Gasteiger partial charge in [-0.15, -0.1) is 0 Å². The van der Waals surface area contributed by atoms with Crippen molar-refractivity contribution in [1.82, 2.24) is 40.0 Å². The number of ether oxygens (including phenoxy) is 1. The molecular formula is C48H54N8O4. The summed E-state index contributed by atoms with van der Waals surface area (Å²) in [5.41, 5.74) is 6.60. The van der Waals surface area contributed by atoms with Gasteiger partial charge in [-0.2, -0.15) is 0 Å². The van der Waals surface area contributed by atoms with Gasteiger partial charge in [0.2, 0.25) is 11.8 Å². The maximum absolute atomic E-state index is 14.3. The highest BCUT2D eigenvalue weighted by Crippen LogP contribution is 2.37. The van der Waals surface area contributed by atoms with Gasteiger partial charge in [-0.25, -0.2) is 14.8 Å². The summed E-state index contributed by atoms with van der Waals surface area (Å²) in [4.78, 5) is 62.5. The van der Waals surface area contributed by atoms with Gasteiger partial charge in [0, 0.05) is 24.2 Å². The van der Waals surface area contributed by atoms with Crippen LogP contribution in [0.3, 0.4) is 0 Å². The highest BCUT2D eigenvalue weighted by molar-refractivity contribution is 5.86. The predicted molar refractivity (Wildman–Crippen MR) is 230 cm³/mol. The molecule has 60 heavy (non-hydrogen) atoms. The smallest absolute Gasteiger partial charge is 0.407 e. The maximum atomic E-state index is 14.3. The minimum absolute atomic E-state index is 0.0803. The van der Waals surface area contributed by atoms with Crippen molar-refractivity contribution >= 4 is 17.9 Å². The lowest BCUT2D eigenvalue weighted by atomic mass is 10.00. The van der Waals surface area contributed by atoms with E-state index >= 15 is 0 Å². The Labute approximate surface area is 352 Å². The first-order valence-corrected chi connectivity index (χ1v) is 21.3. The monoisotopic (exact) mass is 806 g/mol. The molecule has 3 aliphatic heterocycles. The minimum atomic E-state index is -0.681. The molecule has 0 unspecified atom stereocenters. The quantitative estimate of drug-likeness (QED) is 0.123. The van der Waals surface area contributed by atoms with Crippen molar-refractivity contribution in [3.63, 3.8) is 0 Å². The lowest BCUT2D eigenvalue weighted by Gasteiger charge is -2.37. The van der Waals surface area contributed by atoms with Crippen LogP contribution in [0.2, 0.25) is 0 Å². The molecule has 5 aromatic rings. The third-order valence-electron chi connectivity index (χ3n) is 12.1. The standard InChI is InChI=1S/C48H54N8O4/c1-32(2)42(53-48(59)60-3)46(57)55-28-10-14-40(55)44-49-30-38(51-44)35-22-18-33(19-23-35)16-17-34-20-24-36(25-21-34)39-31-50-45(52-39)41-15-11-29-56(41)47(58)43(37-12-6-4-7-13-37)54-26-8-5-9-27-54/h4,6-7,12-13,18-25,30-32,40-43H,5,8-11,14-15,26-29H2,1-3H3,(H,49,51)(H,50,52)(H,53,59)/t40-,41-,42-,43+/m0/s1. The summed E-state index contributed by atoms with van der Waals surface area (Å²) in [5, 5.41) is 2.70. The van der Waals surface area contributed by atoms with Crippen molar-refractivity contribution in [3.05, 3.63) is 120 Å². The molecule has 8 rings (SSSR count). The number of hydrogen-bond donors (Lipinski definition) is 3. The molecule has 4 atom stereocenters. The van der Waals surface area contributed by atoms with E-state index in [0.29, 0.717) is 6.54 Å². The van der Waals surface area contributed by atoms with E-state index in [4.69, 9.17) is 9.72 Å². The van der Waals surface area contributed by atoms with Gasteiger partial charge in [0.25, 0.3) is 0 Å². The van der Waals surface area contributed by atoms with Crippen molar-refractivity contribution in [2.45, 2.75) is 83.0 Å². The van der Waals surface area contributed by atoms with Crippen LogP contribution in [0.1, 0.15) is 105 Å². The number of alkyl carbamates (subject to hydrolysis) is 1. The summed E-state index contributed by atoms with van der Waals surface area (Å²) in [6.07, 6.45) is 10.0. The molecule has 3 amide bonds. The van der Waals surface area contributed by atoms with Crippen molar-refractivity contribution < 1.29 is 19.1 Å². The van der Waals surface area contributed by atoms with Crippen molar-refractivity contribution in [1.29, 1.82) is 0 Å². The third kappa shape index (κ3) is 8.87. The molecule has 3 fully saturated rings. The van der Waals surface area contributed by atoms with Crippen molar-refractivity contribution in [3.8, 4) is 34.4 Å². The van der Waals surface area contributed by atoms with E-state index in [1.807, 2.05) is 79.5 Å². The molecule has 5 heterocycles.